The normalized spacial score (nSPS) is 22.0. The fourth-order valence-corrected chi connectivity index (χ4v) is 2.89. The van der Waals surface area contributed by atoms with Gasteiger partial charge in [-0.1, -0.05) is 18.2 Å². The summed E-state index contributed by atoms with van der Waals surface area (Å²) in [6.07, 6.45) is 3.39. The Morgan fingerprint density at radius 2 is 2.05 bits per heavy atom. The molecule has 2 N–H and O–H groups in total. The number of hydrogen-bond acceptors (Lipinski definition) is 3. The molecular formula is C17H25ClN2O2. The zero-order valence-corrected chi connectivity index (χ0v) is 14.0. The molecule has 1 saturated carbocycles. The second-order valence-corrected chi connectivity index (χ2v) is 6.80. The predicted octanol–water partition coefficient (Wildman–Crippen LogP) is 2.83. The lowest BCUT2D eigenvalue weighted by Gasteiger charge is -2.37. The summed E-state index contributed by atoms with van der Waals surface area (Å²) >= 11 is 0. The van der Waals surface area contributed by atoms with Crippen LogP contribution in [-0.4, -0.2) is 24.6 Å². The summed E-state index contributed by atoms with van der Waals surface area (Å²) < 4.78 is 5.99. The largest absolute Gasteiger partial charge is 0.487 e. The first kappa shape index (κ1) is 17.1. The SMILES string of the molecule is CC1(C)CC(NC(=O)CNCC2CC2)c2ccccc2O1.Cl. The summed E-state index contributed by atoms with van der Waals surface area (Å²) in [6, 6.07) is 8.00. The lowest BCUT2D eigenvalue weighted by molar-refractivity contribution is -0.121. The number of nitrogens with one attached hydrogen (secondary N) is 2. The molecule has 1 unspecified atom stereocenters. The molecule has 4 nitrogen and oxygen atoms in total. The number of benzene rings is 1. The van der Waals surface area contributed by atoms with Crippen LogP contribution in [0.2, 0.25) is 0 Å². The number of para-hydroxylation sites is 1. The van der Waals surface area contributed by atoms with E-state index in [1.54, 1.807) is 0 Å². The van der Waals surface area contributed by atoms with Gasteiger partial charge in [-0.2, -0.15) is 0 Å². The molecule has 0 saturated heterocycles. The molecular weight excluding hydrogens is 300 g/mol. The van der Waals surface area contributed by atoms with E-state index in [9.17, 15) is 4.79 Å². The predicted molar refractivity (Wildman–Crippen MR) is 89.5 cm³/mol. The Kier molecular flexibility index (Phi) is 5.35. The van der Waals surface area contributed by atoms with Gasteiger partial charge in [-0.25, -0.2) is 0 Å². The van der Waals surface area contributed by atoms with E-state index in [0.29, 0.717) is 6.54 Å². The van der Waals surface area contributed by atoms with E-state index in [0.717, 1.165) is 30.2 Å². The van der Waals surface area contributed by atoms with Crippen LogP contribution < -0.4 is 15.4 Å². The van der Waals surface area contributed by atoms with E-state index in [4.69, 9.17) is 4.74 Å². The maximum atomic E-state index is 12.1. The fraction of sp³-hybridized carbons (Fsp3) is 0.588. The van der Waals surface area contributed by atoms with Crippen molar-refractivity contribution in [3.63, 3.8) is 0 Å². The van der Waals surface area contributed by atoms with Crippen LogP contribution in [-0.2, 0) is 4.79 Å². The van der Waals surface area contributed by atoms with Crippen LogP contribution in [0.25, 0.3) is 0 Å². The molecule has 3 rings (SSSR count). The maximum absolute atomic E-state index is 12.1. The first-order valence-corrected chi connectivity index (χ1v) is 7.81. The fourth-order valence-electron chi connectivity index (χ4n) is 2.89. The van der Waals surface area contributed by atoms with Crippen molar-refractivity contribution >= 4 is 18.3 Å². The molecule has 0 spiro atoms. The second kappa shape index (κ2) is 6.88. The van der Waals surface area contributed by atoms with Crippen molar-refractivity contribution in [2.75, 3.05) is 13.1 Å². The minimum atomic E-state index is -0.256. The molecule has 1 aliphatic heterocycles. The van der Waals surface area contributed by atoms with Gasteiger partial charge < -0.3 is 15.4 Å². The molecule has 1 aliphatic carbocycles. The Bertz CT molecular complexity index is 529. The van der Waals surface area contributed by atoms with Crippen molar-refractivity contribution < 1.29 is 9.53 Å². The van der Waals surface area contributed by atoms with E-state index in [2.05, 4.69) is 24.5 Å². The van der Waals surface area contributed by atoms with Crippen molar-refractivity contribution in [1.29, 1.82) is 0 Å². The van der Waals surface area contributed by atoms with E-state index < -0.39 is 0 Å². The van der Waals surface area contributed by atoms with E-state index in [1.807, 2.05) is 24.3 Å². The zero-order valence-electron chi connectivity index (χ0n) is 13.2. The topological polar surface area (TPSA) is 50.4 Å². The quantitative estimate of drug-likeness (QED) is 0.875. The van der Waals surface area contributed by atoms with Crippen LogP contribution in [0.3, 0.4) is 0 Å². The average molecular weight is 325 g/mol. The van der Waals surface area contributed by atoms with Gasteiger partial charge in [0.05, 0.1) is 12.6 Å². The van der Waals surface area contributed by atoms with Crippen LogP contribution in [0, 0.1) is 5.92 Å². The van der Waals surface area contributed by atoms with Crippen LogP contribution in [0.15, 0.2) is 24.3 Å². The summed E-state index contributed by atoms with van der Waals surface area (Å²) in [7, 11) is 0. The van der Waals surface area contributed by atoms with Gasteiger partial charge in [0.2, 0.25) is 5.91 Å². The Balaban J connectivity index is 0.00000176. The van der Waals surface area contributed by atoms with Crippen molar-refractivity contribution in [2.45, 2.75) is 44.8 Å². The van der Waals surface area contributed by atoms with Gasteiger partial charge >= 0.3 is 0 Å². The molecule has 1 fully saturated rings. The molecule has 1 aromatic carbocycles. The highest BCUT2D eigenvalue weighted by Gasteiger charge is 2.34. The first-order valence-electron chi connectivity index (χ1n) is 7.81. The molecule has 122 valence electrons. The Hall–Kier alpha value is -1.26. The highest BCUT2D eigenvalue weighted by Crippen LogP contribution is 2.39. The van der Waals surface area contributed by atoms with Gasteiger partial charge in [0.25, 0.3) is 0 Å². The summed E-state index contributed by atoms with van der Waals surface area (Å²) in [5.41, 5.74) is 0.820. The van der Waals surface area contributed by atoms with Crippen molar-refractivity contribution in [3.8, 4) is 5.75 Å². The second-order valence-electron chi connectivity index (χ2n) is 6.80. The van der Waals surface area contributed by atoms with Crippen molar-refractivity contribution in [3.05, 3.63) is 29.8 Å². The Morgan fingerprint density at radius 3 is 2.77 bits per heavy atom. The molecule has 1 aromatic rings. The molecule has 0 aromatic heterocycles. The molecule has 1 heterocycles. The summed E-state index contributed by atoms with van der Waals surface area (Å²) in [6.45, 7) is 5.49. The zero-order chi connectivity index (χ0) is 14.9. The Labute approximate surface area is 138 Å². The first-order chi connectivity index (χ1) is 10.0. The summed E-state index contributed by atoms with van der Waals surface area (Å²) in [4.78, 5) is 12.1. The van der Waals surface area contributed by atoms with Gasteiger partial charge in [-0.3, -0.25) is 4.79 Å². The van der Waals surface area contributed by atoms with Crippen LogP contribution in [0.1, 0.15) is 44.7 Å². The molecule has 0 radical (unpaired) electrons. The molecule has 0 bridgehead atoms. The van der Waals surface area contributed by atoms with Gasteiger partial charge in [0.15, 0.2) is 0 Å². The van der Waals surface area contributed by atoms with E-state index in [-0.39, 0.29) is 30.0 Å². The number of halogens is 1. The van der Waals surface area contributed by atoms with Crippen molar-refractivity contribution in [2.24, 2.45) is 5.92 Å². The lowest BCUT2D eigenvalue weighted by Crippen LogP contribution is -2.43. The monoisotopic (exact) mass is 324 g/mol. The Morgan fingerprint density at radius 1 is 1.32 bits per heavy atom. The highest BCUT2D eigenvalue weighted by molar-refractivity contribution is 5.85. The molecule has 5 heteroatoms. The van der Waals surface area contributed by atoms with Crippen molar-refractivity contribution in [1.82, 2.24) is 10.6 Å². The van der Waals surface area contributed by atoms with Gasteiger partial charge in [-0.15, -0.1) is 12.4 Å². The number of carbonyl (C=O) groups excluding carboxylic acids is 1. The number of fused-ring (bicyclic) bond motifs is 1. The minimum Gasteiger partial charge on any atom is -0.487 e. The van der Waals surface area contributed by atoms with Gasteiger partial charge in [0, 0.05) is 12.0 Å². The number of amides is 1. The number of rotatable bonds is 5. The third-order valence-electron chi connectivity index (χ3n) is 4.13. The van der Waals surface area contributed by atoms with Gasteiger partial charge in [-0.05, 0) is 45.2 Å². The van der Waals surface area contributed by atoms with Crippen LogP contribution >= 0.6 is 12.4 Å². The van der Waals surface area contributed by atoms with Crippen LogP contribution in [0.4, 0.5) is 0 Å². The third kappa shape index (κ3) is 4.37. The highest BCUT2D eigenvalue weighted by atomic mass is 35.5. The molecule has 1 amide bonds. The van der Waals surface area contributed by atoms with E-state index >= 15 is 0 Å². The standard InChI is InChI=1S/C17H24N2O2.ClH/c1-17(2)9-14(13-5-3-4-6-15(13)21-17)19-16(20)11-18-10-12-7-8-12;/h3-6,12,14,18H,7-11H2,1-2H3,(H,19,20);1H. The summed E-state index contributed by atoms with van der Waals surface area (Å²) in [5.74, 6) is 1.73. The van der Waals surface area contributed by atoms with Gasteiger partial charge in [0.1, 0.15) is 11.4 Å². The van der Waals surface area contributed by atoms with Crippen LogP contribution in [0.5, 0.6) is 5.75 Å². The number of ether oxygens (including phenoxy) is 1. The molecule has 2 aliphatic rings. The third-order valence-corrected chi connectivity index (χ3v) is 4.13. The number of carbonyl (C=O) groups is 1. The maximum Gasteiger partial charge on any atom is 0.234 e. The smallest absolute Gasteiger partial charge is 0.234 e. The number of hydrogen-bond donors (Lipinski definition) is 2. The van der Waals surface area contributed by atoms with E-state index in [1.165, 1.54) is 12.8 Å². The minimum absolute atomic E-state index is 0. The average Bonchev–Trinajstić information content (AvgIpc) is 3.21. The molecule has 1 atom stereocenters. The lowest BCUT2D eigenvalue weighted by atomic mass is 9.89. The molecule has 22 heavy (non-hydrogen) atoms. The summed E-state index contributed by atoms with van der Waals surface area (Å²) in [5, 5.41) is 6.38.